The molecule has 1 aliphatic rings. The van der Waals surface area contributed by atoms with E-state index in [0.29, 0.717) is 30.5 Å². The minimum atomic E-state index is -0.874. The second kappa shape index (κ2) is 5.87. The Bertz CT molecular complexity index is 827. The van der Waals surface area contributed by atoms with Gasteiger partial charge in [-0.1, -0.05) is 12.1 Å². The SMILES string of the molecule is C[C@@H]1[C@H](C(=O)O)CCCN1C(=O)c1cccc2ccc(=O)[nH]c12. The average molecular weight is 314 g/mol. The number of carbonyl (C=O) groups excluding carboxylic acids is 1. The molecule has 1 saturated heterocycles. The Morgan fingerprint density at radius 3 is 2.78 bits per heavy atom. The van der Waals surface area contributed by atoms with E-state index in [2.05, 4.69) is 4.98 Å². The Morgan fingerprint density at radius 1 is 1.26 bits per heavy atom. The van der Waals surface area contributed by atoms with Crippen LogP contribution in [0.15, 0.2) is 35.1 Å². The number of aliphatic carboxylic acids is 1. The molecule has 1 fully saturated rings. The van der Waals surface area contributed by atoms with Gasteiger partial charge in [-0.25, -0.2) is 0 Å². The number of carboxylic acid groups (broad SMARTS) is 1. The van der Waals surface area contributed by atoms with Crippen LogP contribution in [0.3, 0.4) is 0 Å². The molecule has 120 valence electrons. The van der Waals surface area contributed by atoms with E-state index in [1.807, 2.05) is 6.07 Å². The minimum Gasteiger partial charge on any atom is -0.481 e. The van der Waals surface area contributed by atoms with E-state index in [9.17, 15) is 19.5 Å². The Hall–Kier alpha value is -2.63. The molecule has 2 atom stereocenters. The van der Waals surface area contributed by atoms with Gasteiger partial charge in [0.2, 0.25) is 5.56 Å². The highest BCUT2D eigenvalue weighted by molar-refractivity contribution is 6.05. The number of para-hydroxylation sites is 1. The summed E-state index contributed by atoms with van der Waals surface area (Å²) >= 11 is 0. The summed E-state index contributed by atoms with van der Waals surface area (Å²) in [7, 11) is 0. The number of hydrogen-bond donors (Lipinski definition) is 2. The van der Waals surface area contributed by atoms with Crippen LogP contribution < -0.4 is 5.56 Å². The van der Waals surface area contributed by atoms with Gasteiger partial charge >= 0.3 is 5.97 Å². The highest BCUT2D eigenvalue weighted by Gasteiger charge is 2.36. The number of carbonyl (C=O) groups is 2. The molecule has 3 rings (SSSR count). The molecule has 2 aromatic rings. The molecular formula is C17H18N2O4. The highest BCUT2D eigenvalue weighted by Crippen LogP contribution is 2.26. The summed E-state index contributed by atoms with van der Waals surface area (Å²) in [5.41, 5.74) is 0.626. The molecule has 1 amide bonds. The number of pyridine rings is 1. The van der Waals surface area contributed by atoms with Crippen LogP contribution in [-0.2, 0) is 4.79 Å². The third-order valence-electron chi connectivity index (χ3n) is 4.56. The highest BCUT2D eigenvalue weighted by atomic mass is 16.4. The maximum atomic E-state index is 12.9. The number of hydrogen-bond acceptors (Lipinski definition) is 3. The molecule has 2 heterocycles. The molecule has 1 aromatic carbocycles. The third-order valence-corrected chi connectivity index (χ3v) is 4.56. The molecule has 0 radical (unpaired) electrons. The van der Waals surface area contributed by atoms with Crippen molar-refractivity contribution in [3.8, 4) is 0 Å². The van der Waals surface area contributed by atoms with Gasteiger partial charge in [0.25, 0.3) is 5.91 Å². The molecule has 1 aromatic heterocycles. The van der Waals surface area contributed by atoms with Crippen LogP contribution >= 0.6 is 0 Å². The van der Waals surface area contributed by atoms with Gasteiger partial charge in [0.1, 0.15) is 0 Å². The summed E-state index contributed by atoms with van der Waals surface area (Å²) in [4.78, 5) is 40.1. The standard InChI is InChI=1S/C17H18N2O4/c1-10-12(17(22)23)6-3-9-19(10)16(21)13-5-2-4-11-7-8-14(20)18-15(11)13/h2,4-5,7-8,10,12H,3,6,9H2,1H3,(H,18,20)(H,22,23)/t10-,12-/m1/s1. The predicted molar refractivity (Wildman–Crippen MR) is 85.4 cm³/mol. The number of aromatic amines is 1. The Morgan fingerprint density at radius 2 is 2.04 bits per heavy atom. The number of benzene rings is 1. The van der Waals surface area contributed by atoms with Crippen LogP contribution in [0.5, 0.6) is 0 Å². The average Bonchev–Trinajstić information content (AvgIpc) is 2.53. The molecule has 0 aliphatic carbocycles. The molecule has 2 N–H and O–H groups in total. The first-order chi connectivity index (χ1) is 11.0. The van der Waals surface area contributed by atoms with Gasteiger partial charge in [0.05, 0.1) is 17.0 Å². The molecule has 1 aliphatic heterocycles. The van der Waals surface area contributed by atoms with Crippen LogP contribution in [0.25, 0.3) is 10.9 Å². The van der Waals surface area contributed by atoms with Crippen LogP contribution in [-0.4, -0.2) is 39.5 Å². The van der Waals surface area contributed by atoms with E-state index in [0.717, 1.165) is 5.39 Å². The van der Waals surface area contributed by atoms with E-state index >= 15 is 0 Å². The summed E-state index contributed by atoms with van der Waals surface area (Å²) in [6, 6.07) is 7.96. The number of likely N-dealkylation sites (tertiary alicyclic amines) is 1. The van der Waals surface area contributed by atoms with Gasteiger partial charge < -0.3 is 15.0 Å². The Labute approximate surface area is 132 Å². The molecule has 6 heteroatoms. The maximum absolute atomic E-state index is 12.9. The Balaban J connectivity index is 2.02. The Kier molecular flexibility index (Phi) is 3.90. The number of H-pyrrole nitrogens is 1. The zero-order valence-electron chi connectivity index (χ0n) is 12.8. The molecule has 0 saturated carbocycles. The molecule has 0 bridgehead atoms. The fourth-order valence-corrected chi connectivity index (χ4v) is 3.27. The summed E-state index contributed by atoms with van der Waals surface area (Å²) < 4.78 is 0. The lowest BCUT2D eigenvalue weighted by atomic mass is 9.89. The van der Waals surface area contributed by atoms with Crippen molar-refractivity contribution in [2.45, 2.75) is 25.8 Å². The second-order valence-electron chi connectivity index (χ2n) is 5.92. The number of amides is 1. The maximum Gasteiger partial charge on any atom is 0.308 e. The zero-order valence-corrected chi connectivity index (χ0v) is 12.8. The van der Waals surface area contributed by atoms with E-state index in [1.165, 1.54) is 6.07 Å². The third kappa shape index (κ3) is 2.72. The number of piperidine rings is 1. The summed E-state index contributed by atoms with van der Waals surface area (Å²) in [5, 5.41) is 10.1. The van der Waals surface area contributed by atoms with Crippen molar-refractivity contribution < 1.29 is 14.7 Å². The zero-order chi connectivity index (χ0) is 16.6. The molecular weight excluding hydrogens is 296 g/mol. The van der Waals surface area contributed by atoms with Crippen LogP contribution in [0.2, 0.25) is 0 Å². The van der Waals surface area contributed by atoms with Gasteiger partial charge in [0.15, 0.2) is 0 Å². The van der Waals surface area contributed by atoms with Gasteiger partial charge in [-0.05, 0) is 37.3 Å². The quantitative estimate of drug-likeness (QED) is 0.885. The molecule has 23 heavy (non-hydrogen) atoms. The van der Waals surface area contributed by atoms with Crippen molar-refractivity contribution >= 4 is 22.8 Å². The molecule has 0 unspecified atom stereocenters. The van der Waals surface area contributed by atoms with Gasteiger partial charge in [-0.2, -0.15) is 0 Å². The van der Waals surface area contributed by atoms with E-state index < -0.39 is 11.9 Å². The minimum absolute atomic E-state index is 0.240. The van der Waals surface area contributed by atoms with Crippen molar-refractivity contribution in [2.24, 2.45) is 5.92 Å². The number of nitrogens with zero attached hydrogens (tertiary/aromatic N) is 1. The fraction of sp³-hybridized carbons (Fsp3) is 0.353. The van der Waals surface area contributed by atoms with Gasteiger partial charge in [-0.15, -0.1) is 0 Å². The molecule has 6 nitrogen and oxygen atoms in total. The number of fused-ring (bicyclic) bond motifs is 1. The van der Waals surface area contributed by atoms with Crippen molar-refractivity contribution in [3.63, 3.8) is 0 Å². The second-order valence-corrected chi connectivity index (χ2v) is 5.92. The summed E-state index contributed by atoms with van der Waals surface area (Å²) in [5.74, 6) is -1.67. The van der Waals surface area contributed by atoms with Gasteiger partial charge in [-0.3, -0.25) is 14.4 Å². The van der Waals surface area contributed by atoms with Crippen molar-refractivity contribution in [1.82, 2.24) is 9.88 Å². The molecule has 0 spiro atoms. The van der Waals surface area contributed by atoms with Crippen molar-refractivity contribution in [2.75, 3.05) is 6.54 Å². The van der Waals surface area contributed by atoms with Crippen LogP contribution in [0, 0.1) is 5.92 Å². The first-order valence-corrected chi connectivity index (χ1v) is 7.65. The van der Waals surface area contributed by atoms with E-state index in [-0.39, 0.29) is 17.5 Å². The number of rotatable bonds is 2. The van der Waals surface area contributed by atoms with Crippen LogP contribution in [0.1, 0.15) is 30.1 Å². The fourth-order valence-electron chi connectivity index (χ4n) is 3.27. The normalized spacial score (nSPS) is 21.3. The lowest BCUT2D eigenvalue weighted by Gasteiger charge is -2.37. The smallest absolute Gasteiger partial charge is 0.308 e. The number of carboxylic acids is 1. The monoisotopic (exact) mass is 314 g/mol. The van der Waals surface area contributed by atoms with Crippen LogP contribution in [0.4, 0.5) is 0 Å². The van der Waals surface area contributed by atoms with E-state index in [1.54, 1.807) is 30.0 Å². The number of aromatic nitrogens is 1. The van der Waals surface area contributed by atoms with Gasteiger partial charge in [0, 0.05) is 18.7 Å². The summed E-state index contributed by atoms with van der Waals surface area (Å²) in [6.07, 6.45) is 1.24. The largest absolute Gasteiger partial charge is 0.481 e. The topological polar surface area (TPSA) is 90.5 Å². The lowest BCUT2D eigenvalue weighted by Crippen LogP contribution is -2.49. The van der Waals surface area contributed by atoms with E-state index in [4.69, 9.17) is 0 Å². The lowest BCUT2D eigenvalue weighted by molar-refractivity contribution is -0.144. The summed E-state index contributed by atoms with van der Waals surface area (Å²) in [6.45, 7) is 2.29. The predicted octanol–water partition coefficient (Wildman–Crippen LogP) is 1.85. The van der Waals surface area contributed by atoms with Crippen molar-refractivity contribution in [1.29, 1.82) is 0 Å². The van der Waals surface area contributed by atoms with Crippen molar-refractivity contribution in [3.05, 3.63) is 46.2 Å². The number of nitrogens with one attached hydrogen (secondary N) is 1. The first-order valence-electron chi connectivity index (χ1n) is 7.65. The first kappa shape index (κ1) is 15.3.